The molecule has 0 atom stereocenters. The van der Waals surface area contributed by atoms with Crippen LogP contribution in [0.1, 0.15) is 38.8 Å². The van der Waals surface area contributed by atoms with Crippen LogP contribution in [0, 0.1) is 6.92 Å². The number of benzene rings is 1. The van der Waals surface area contributed by atoms with Crippen molar-refractivity contribution < 1.29 is 13.8 Å². The number of aryl methyl sites for hydroxylation is 2. The second-order valence-electron chi connectivity index (χ2n) is 5.30. The number of rotatable bonds is 10. The van der Waals surface area contributed by atoms with E-state index in [4.69, 9.17) is 20.9 Å². The SMILES string of the molecule is CCOP(=S)(OCC)N(CC)CC(=O)Nc1c(C)cccc1CC. The van der Waals surface area contributed by atoms with Gasteiger partial charge >= 0.3 is 0 Å². The summed E-state index contributed by atoms with van der Waals surface area (Å²) in [5.41, 5.74) is 3.07. The standard InChI is InChI=1S/C17H29N2O3PS/c1-6-15-12-10-11-14(5)17(15)18-16(20)13-19(7-2)23(24,21-8-3)22-9-4/h10-12H,6-9,13H2,1-5H3,(H,18,20). The minimum atomic E-state index is -2.61. The highest BCUT2D eigenvalue weighted by atomic mass is 32.5. The lowest BCUT2D eigenvalue weighted by Gasteiger charge is -2.31. The molecule has 5 nitrogen and oxygen atoms in total. The molecule has 0 aliphatic rings. The van der Waals surface area contributed by atoms with Crippen LogP contribution in [0.25, 0.3) is 0 Å². The van der Waals surface area contributed by atoms with Crippen molar-refractivity contribution in [1.29, 1.82) is 0 Å². The number of anilines is 1. The predicted molar refractivity (Wildman–Crippen MR) is 104 cm³/mol. The number of hydrogen-bond acceptors (Lipinski definition) is 4. The molecular formula is C17H29N2O3PS. The van der Waals surface area contributed by atoms with Crippen molar-refractivity contribution in [2.45, 2.75) is 41.0 Å². The van der Waals surface area contributed by atoms with Gasteiger partial charge in [-0.2, -0.15) is 0 Å². The van der Waals surface area contributed by atoms with E-state index in [1.807, 2.05) is 50.6 Å². The van der Waals surface area contributed by atoms with Gasteiger partial charge < -0.3 is 14.4 Å². The van der Waals surface area contributed by atoms with E-state index in [9.17, 15) is 4.79 Å². The van der Waals surface area contributed by atoms with Crippen LogP contribution < -0.4 is 5.32 Å². The second-order valence-corrected chi connectivity index (χ2v) is 8.70. The fourth-order valence-corrected chi connectivity index (χ4v) is 5.30. The quantitative estimate of drug-likeness (QED) is 0.626. The zero-order chi connectivity index (χ0) is 18.2. The van der Waals surface area contributed by atoms with Crippen molar-refractivity contribution in [2.24, 2.45) is 0 Å². The molecule has 24 heavy (non-hydrogen) atoms. The third-order valence-electron chi connectivity index (χ3n) is 3.63. The first-order chi connectivity index (χ1) is 11.4. The minimum absolute atomic E-state index is 0.102. The molecule has 0 aliphatic heterocycles. The molecule has 1 rings (SSSR count). The van der Waals surface area contributed by atoms with Crippen molar-refractivity contribution in [2.75, 3.05) is 31.6 Å². The number of hydrogen-bond donors (Lipinski definition) is 1. The summed E-state index contributed by atoms with van der Waals surface area (Å²) in [5.74, 6) is -0.102. The molecular weight excluding hydrogens is 343 g/mol. The Kier molecular flexibility index (Phi) is 9.09. The van der Waals surface area contributed by atoms with Crippen LogP contribution in [-0.4, -0.2) is 36.9 Å². The second kappa shape index (κ2) is 10.3. The van der Waals surface area contributed by atoms with Gasteiger partial charge in [-0.25, -0.2) is 4.67 Å². The first-order valence-corrected chi connectivity index (χ1v) is 11.0. The van der Waals surface area contributed by atoms with Gasteiger partial charge in [0.25, 0.3) is 6.64 Å². The van der Waals surface area contributed by atoms with Gasteiger partial charge in [0.05, 0.1) is 19.8 Å². The molecule has 1 aromatic rings. The van der Waals surface area contributed by atoms with Gasteiger partial charge in [0.2, 0.25) is 5.91 Å². The summed E-state index contributed by atoms with van der Waals surface area (Å²) in [7, 11) is 0. The summed E-state index contributed by atoms with van der Waals surface area (Å²) < 4.78 is 13.2. The summed E-state index contributed by atoms with van der Waals surface area (Å²) in [6.45, 7) is 8.87. The molecule has 0 aliphatic carbocycles. The Morgan fingerprint density at radius 3 is 2.33 bits per heavy atom. The van der Waals surface area contributed by atoms with Gasteiger partial charge in [0, 0.05) is 12.2 Å². The number of likely N-dealkylation sites (N-methyl/N-ethyl adjacent to an activating group) is 1. The number of nitrogens with one attached hydrogen (secondary N) is 1. The van der Waals surface area contributed by atoms with E-state index in [1.54, 1.807) is 0 Å². The lowest BCUT2D eigenvalue weighted by molar-refractivity contribution is -0.116. The fraction of sp³-hybridized carbons (Fsp3) is 0.588. The molecule has 0 aromatic heterocycles. The highest BCUT2D eigenvalue weighted by molar-refractivity contribution is 8.08. The van der Waals surface area contributed by atoms with Gasteiger partial charge in [0.15, 0.2) is 0 Å². The molecule has 1 aromatic carbocycles. The van der Waals surface area contributed by atoms with E-state index in [0.717, 1.165) is 23.2 Å². The van der Waals surface area contributed by atoms with E-state index < -0.39 is 6.64 Å². The number of carbonyl (C=O) groups excluding carboxylic acids is 1. The summed E-state index contributed by atoms with van der Waals surface area (Å²) in [6, 6.07) is 6.04. The summed E-state index contributed by atoms with van der Waals surface area (Å²) in [6.07, 6.45) is 0.866. The monoisotopic (exact) mass is 372 g/mol. The predicted octanol–water partition coefficient (Wildman–Crippen LogP) is 4.12. The Balaban J connectivity index is 2.90. The maximum absolute atomic E-state index is 12.6. The van der Waals surface area contributed by atoms with Crippen LogP contribution in [0.4, 0.5) is 5.69 Å². The number of carbonyl (C=O) groups is 1. The van der Waals surface area contributed by atoms with E-state index in [-0.39, 0.29) is 12.5 Å². The number of nitrogens with zero attached hydrogens (tertiary/aromatic N) is 1. The first kappa shape index (κ1) is 21.3. The number of amides is 1. The van der Waals surface area contributed by atoms with Crippen LogP contribution in [0.3, 0.4) is 0 Å². The van der Waals surface area contributed by atoms with Crippen LogP contribution in [-0.2, 0) is 32.1 Å². The summed E-state index contributed by atoms with van der Waals surface area (Å²) in [5, 5.41) is 3.03. The third kappa shape index (κ3) is 5.64. The van der Waals surface area contributed by atoms with Crippen LogP contribution in [0.5, 0.6) is 0 Å². The lowest BCUT2D eigenvalue weighted by Crippen LogP contribution is -2.32. The average molecular weight is 372 g/mol. The topological polar surface area (TPSA) is 50.8 Å². The molecule has 136 valence electrons. The van der Waals surface area contributed by atoms with Gasteiger partial charge in [-0.15, -0.1) is 0 Å². The molecule has 0 heterocycles. The van der Waals surface area contributed by atoms with Gasteiger partial charge in [0.1, 0.15) is 0 Å². The largest absolute Gasteiger partial charge is 0.324 e. The van der Waals surface area contributed by atoms with E-state index in [2.05, 4.69) is 12.2 Å². The maximum atomic E-state index is 12.6. The first-order valence-electron chi connectivity index (χ1n) is 8.44. The van der Waals surface area contributed by atoms with Crippen LogP contribution in [0.15, 0.2) is 18.2 Å². The Labute approximate surface area is 150 Å². The highest BCUT2D eigenvalue weighted by Gasteiger charge is 2.28. The summed E-state index contributed by atoms with van der Waals surface area (Å²) in [4.78, 5) is 12.6. The van der Waals surface area contributed by atoms with Crippen molar-refractivity contribution in [3.63, 3.8) is 0 Å². The highest BCUT2D eigenvalue weighted by Crippen LogP contribution is 2.51. The number of para-hydroxylation sites is 1. The summed E-state index contributed by atoms with van der Waals surface area (Å²) >= 11 is 5.59. The van der Waals surface area contributed by atoms with Crippen LogP contribution in [0.2, 0.25) is 0 Å². The minimum Gasteiger partial charge on any atom is -0.324 e. The fourth-order valence-electron chi connectivity index (χ4n) is 2.45. The molecule has 0 bridgehead atoms. The van der Waals surface area contributed by atoms with E-state index in [1.165, 1.54) is 0 Å². The van der Waals surface area contributed by atoms with Crippen molar-refractivity contribution in [3.05, 3.63) is 29.3 Å². The van der Waals surface area contributed by atoms with Gasteiger partial charge in [-0.1, -0.05) is 32.0 Å². The Morgan fingerprint density at radius 1 is 1.21 bits per heavy atom. The van der Waals surface area contributed by atoms with E-state index in [0.29, 0.717) is 19.8 Å². The molecule has 1 N–H and O–H groups in total. The zero-order valence-electron chi connectivity index (χ0n) is 15.3. The molecule has 0 saturated carbocycles. The molecule has 0 spiro atoms. The normalized spacial score (nSPS) is 11.8. The lowest BCUT2D eigenvalue weighted by atomic mass is 10.1. The Hall–Kier alpha value is -0.780. The van der Waals surface area contributed by atoms with Crippen molar-refractivity contribution >= 4 is 30.0 Å². The molecule has 0 saturated heterocycles. The van der Waals surface area contributed by atoms with Crippen molar-refractivity contribution in [1.82, 2.24) is 4.67 Å². The average Bonchev–Trinajstić information content (AvgIpc) is 2.54. The van der Waals surface area contributed by atoms with Crippen molar-refractivity contribution in [3.8, 4) is 0 Å². The molecule has 0 unspecified atom stereocenters. The zero-order valence-corrected chi connectivity index (χ0v) is 17.0. The molecule has 0 fully saturated rings. The smallest absolute Gasteiger partial charge is 0.264 e. The Bertz CT molecular complexity index is 585. The van der Waals surface area contributed by atoms with Gasteiger partial charge in [-0.05, 0) is 50.1 Å². The Morgan fingerprint density at radius 2 is 1.83 bits per heavy atom. The maximum Gasteiger partial charge on any atom is 0.264 e. The third-order valence-corrected chi connectivity index (χ3v) is 7.24. The molecule has 0 radical (unpaired) electrons. The molecule has 1 amide bonds. The van der Waals surface area contributed by atoms with Gasteiger partial charge in [-0.3, -0.25) is 4.79 Å². The van der Waals surface area contributed by atoms with E-state index >= 15 is 0 Å². The van der Waals surface area contributed by atoms with Crippen LogP contribution >= 0.6 is 6.64 Å². The molecule has 7 heteroatoms.